The van der Waals surface area contributed by atoms with E-state index in [1.807, 2.05) is 31.2 Å². The molecule has 0 saturated heterocycles. The lowest BCUT2D eigenvalue weighted by Gasteiger charge is -2.33. The Morgan fingerprint density at radius 3 is 2.66 bits per heavy atom. The number of amides is 1. The molecule has 3 heterocycles. The van der Waals surface area contributed by atoms with E-state index in [1.54, 1.807) is 18.3 Å². The van der Waals surface area contributed by atoms with Crippen molar-refractivity contribution in [2.75, 3.05) is 10.6 Å². The van der Waals surface area contributed by atoms with Crippen molar-refractivity contribution >= 4 is 17.4 Å². The van der Waals surface area contributed by atoms with Crippen molar-refractivity contribution in [3.63, 3.8) is 0 Å². The number of pyridine rings is 1. The summed E-state index contributed by atoms with van der Waals surface area (Å²) < 4.78 is 42.0. The van der Waals surface area contributed by atoms with Crippen molar-refractivity contribution in [2.24, 2.45) is 0 Å². The lowest BCUT2D eigenvalue weighted by molar-refractivity contribution is -0.173. The van der Waals surface area contributed by atoms with Gasteiger partial charge in [0, 0.05) is 18.7 Å². The number of alkyl halides is 3. The summed E-state index contributed by atoms with van der Waals surface area (Å²) in [6.45, 7) is 1.92. The van der Waals surface area contributed by atoms with Gasteiger partial charge in [-0.25, -0.2) is 4.68 Å². The topological polar surface area (TPSA) is 71.8 Å². The van der Waals surface area contributed by atoms with E-state index in [0.717, 1.165) is 15.8 Å². The Bertz CT molecular complexity index is 1010. The maximum Gasteiger partial charge on any atom is 0.410 e. The zero-order chi connectivity index (χ0) is 20.6. The highest BCUT2D eigenvalue weighted by Gasteiger charge is 2.46. The number of rotatable bonds is 3. The fraction of sp³-hybridized carbons (Fsp3) is 0.250. The summed E-state index contributed by atoms with van der Waals surface area (Å²) in [5.41, 5.74) is 2.10. The zero-order valence-electron chi connectivity index (χ0n) is 15.4. The van der Waals surface area contributed by atoms with Crippen molar-refractivity contribution in [2.45, 2.75) is 31.6 Å². The smallest absolute Gasteiger partial charge is 0.363 e. The fourth-order valence-corrected chi connectivity index (χ4v) is 3.33. The van der Waals surface area contributed by atoms with E-state index >= 15 is 0 Å². The first-order valence-corrected chi connectivity index (χ1v) is 9.02. The van der Waals surface area contributed by atoms with Crippen molar-refractivity contribution < 1.29 is 18.0 Å². The van der Waals surface area contributed by atoms with E-state index in [-0.39, 0.29) is 17.9 Å². The van der Waals surface area contributed by atoms with Gasteiger partial charge < -0.3 is 10.6 Å². The highest BCUT2D eigenvalue weighted by Crippen LogP contribution is 2.43. The third-order valence-electron chi connectivity index (χ3n) is 4.82. The maximum absolute atomic E-state index is 13.7. The van der Waals surface area contributed by atoms with Crippen LogP contribution in [0.1, 0.15) is 40.1 Å². The lowest BCUT2D eigenvalue weighted by Crippen LogP contribution is -2.35. The molecule has 0 spiro atoms. The van der Waals surface area contributed by atoms with Crippen LogP contribution in [-0.2, 0) is 0 Å². The van der Waals surface area contributed by atoms with Crippen LogP contribution in [0.25, 0.3) is 0 Å². The number of carbonyl (C=O) groups is 1. The molecule has 0 fully saturated rings. The predicted octanol–water partition coefficient (Wildman–Crippen LogP) is 4.50. The van der Waals surface area contributed by atoms with Gasteiger partial charge in [0.25, 0.3) is 5.91 Å². The van der Waals surface area contributed by atoms with Crippen molar-refractivity contribution in [1.29, 1.82) is 0 Å². The van der Waals surface area contributed by atoms with Crippen LogP contribution in [0.4, 0.5) is 24.7 Å². The SMILES string of the molecule is Cc1ccc([C@@H]2C[C@H](C(F)(F)F)n3nc(C(=O)Nc4cccnc4)cc3N2)cc1. The van der Waals surface area contributed by atoms with Gasteiger partial charge in [-0.15, -0.1) is 0 Å². The number of anilines is 2. The van der Waals surface area contributed by atoms with E-state index in [4.69, 9.17) is 0 Å². The number of aryl methyl sites for hydroxylation is 1. The van der Waals surface area contributed by atoms with E-state index in [0.29, 0.717) is 5.69 Å². The molecule has 1 aliphatic heterocycles. The predicted molar refractivity (Wildman–Crippen MR) is 102 cm³/mol. The zero-order valence-corrected chi connectivity index (χ0v) is 15.4. The normalized spacial score (nSPS) is 18.6. The summed E-state index contributed by atoms with van der Waals surface area (Å²) in [5, 5.41) is 9.60. The molecule has 150 valence electrons. The molecule has 1 aromatic carbocycles. The summed E-state index contributed by atoms with van der Waals surface area (Å²) in [5.74, 6) is -0.449. The van der Waals surface area contributed by atoms with Crippen molar-refractivity contribution in [3.8, 4) is 0 Å². The summed E-state index contributed by atoms with van der Waals surface area (Å²) in [6, 6.07) is 9.57. The van der Waals surface area contributed by atoms with Gasteiger partial charge in [-0.3, -0.25) is 9.78 Å². The Morgan fingerprint density at radius 2 is 2.00 bits per heavy atom. The van der Waals surface area contributed by atoms with Gasteiger partial charge in [-0.1, -0.05) is 29.8 Å². The second-order valence-corrected chi connectivity index (χ2v) is 6.96. The van der Waals surface area contributed by atoms with Gasteiger partial charge >= 0.3 is 6.18 Å². The summed E-state index contributed by atoms with van der Waals surface area (Å²) in [4.78, 5) is 16.3. The van der Waals surface area contributed by atoms with Crippen LogP contribution < -0.4 is 10.6 Å². The van der Waals surface area contributed by atoms with Crippen LogP contribution in [0.3, 0.4) is 0 Å². The van der Waals surface area contributed by atoms with E-state index in [1.165, 1.54) is 12.3 Å². The molecule has 1 amide bonds. The summed E-state index contributed by atoms with van der Waals surface area (Å²) >= 11 is 0. The first-order valence-electron chi connectivity index (χ1n) is 9.02. The van der Waals surface area contributed by atoms with Crippen LogP contribution in [0, 0.1) is 6.92 Å². The molecule has 4 rings (SSSR count). The molecular formula is C20H18F3N5O. The molecule has 3 aromatic rings. The average Bonchev–Trinajstić information content (AvgIpc) is 3.12. The number of halogens is 3. The molecule has 6 nitrogen and oxygen atoms in total. The molecule has 0 radical (unpaired) electrons. The fourth-order valence-electron chi connectivity index (χ4n) is 3.33. The molecule has 2 atom stereocenters. The number of aromatic nitrogens is 3. The number of nitrogens with zero attached hydrogens (tertiary/aromatic N) is 3. The van der Waals surface area contributed by atoms with E-state index < -0.39 is 24.2 Å². The van der Waals surface area contributed by atoms with Gasteiger partial charge in [0.05, 0.1) is 17.9 Å². The molecule has 2 N–H and O–H groups in total. The first kappa shape index (κ1) is 19.0. The first-order chi connectivity index (χ1) is 13.8. The Kier molecular flexibility index (Phi) is 4.73. The molecule has 0 saturated carbocycles. The number of hydrogen-bond acceptors (Lipinski definition) is 4. The Labute approximate surface area is 164 Å². The largest absolute Gasteiger partial charge is 0.410 e. The second-order valence-electron chi connectivity index (χ2n) is 6.96. The van der Waals surface area contributed by atoms with E-state index in [9.17, 15) is 18.0 Å². The van der Waals surface area contributed by atoms with Crippen LogP contribution in [-0.4, -0.2) is 26.8 Å². The number of nitrogens with one attached hydrogen (secondary N) is 2. The van der Waals surface area contributed by atoms with E-state index in [2.05, 4.69) is 20.7 Å². The van der Waals surface area contributed by atoms with Crippen LogP contribution in [0.5, 0.6) is 0 Å². The monoisotopic (exact) mass is 401 g/mol. The molecule has 0 unspecified atom stereocenters. The average molecular weight is 401 g/mol. The van der Waals surface area contributed by atoms with Gasteiger partial charge in [0.2, 0.25) is 0 Å². The number of hydrogen-bond donors (Lipinski definition) is 2. The van der Waals surface area contributed by atoms with Gasteiger partial charge in [-0.05, 0) is 24.6 Å². The molecule has 0 aliphatic carbocycles. The highest BCUT2D eigenvalue weighted by molar-refractivity contribution is 6.03. The van der Waals surface area contributed by atoms with Gasteiger partial charge in [-0.2, -0.15) is 18.3 Å². The second kappa shape index (κ2) is 7.23. The maximum atomic E-state index is 13.7. The van der Waals surface area contributed by atoms with Gasteiger partial charge in [0.15, 0.2) is 11.7 Å². The molecule has 0 bridgehead atoms. The molecular weight excluding hydrogens is 383 g/mol. The quantitative estimate of drug-likeness (QED) is 0.678. The minimum Gasteiger partial charge on any atom is -0.363 e. The Hall–Kier alpha value is -3.36. The Balaban J connectivity index is 1.65. The van der Waals surface area contributed by atoms with Crippen LogP contribution in [0.15, 0.2) is 54.9 Å². The minimum absolute atomic E-state index is 0.102. The summed E-state index contributed by atoms with van der Waals surface area (Å²) in [7, 11) is 0. The molecule has 29 heavy (non-hydrogen) atoms. The lowest BCUT2D eigenvalue weighted by atomic mass is 9.96. The van der Waals surface area contributed by atoms with Crippen LogP contribution >= 0.6 is 0 Å². The number of fused-ring (bicyclic) bond motifs is 1. The highest BCUT2D eigenvalue weighted by atomic mass is 19.4. The number of benzene rings is 1. The molecule has 1 aliphatic rings. The third-order valence-corrected chi connectivity index (χ3v) is 4.82. The third kappa shape index (κ3) is 3.94. The Morgan fingerprint density at radius 1 is 1.24 bits per heavy atom. The standard InChI is InChI=1S/C20H18F3N5O/c1-12-4-6-13(7-5-12)15-9-17(20(21,22)23)28-18(26-15)10-16(27-28)19(29)25-14-3-2-8-24-11-14/h2-8,10-11,15,17,26H,9H2,1H3,(H,25,29)/t15-,17+/m0/s1. The minimum atomic E-state index is -4.50. The summed E-state index contributed by atoms with van der Waals surface area (Å²) in [6.07, 6.45) is -1.72. The molecule has 9 heteroatoms. The molecule has 2 aromatic heterocycles. The van der Waals surface area contributed by atoms with Gasteiger partial charge in [0.1, 0.15) is 5.82 Å². The number of carbonyl (C=O) groups excluding carboxylic acids is 1. The van der Waals surface area contributed by atoms with Crippen molar-refractivity contribution in [3.05, 3.63) is 71.7 Å². The van der Waals surface area contributed by atoms with Crippen LogP contribution in [0.2, 0.25) is 0 Å². The van der Waals surface area contributed by atoms with Crippen molar-refractivity contribution in [1.82, 2.24) is 14.8 Å².